The smallest absolute Gasteiger partial charge is 0.275 e. The number of anilines is 1. The van der Waals surface area contributed by atoms with Gasteiger partial charge in [-0.2, -0.15) is 4.68 Å². The Hall–Kier alpha value is -2.01. The van der Waals surface area contributed by atoms with Gasteiger partial charge < -0.3 is 10.8 Å². The van der Waals surface area contributed by atoms with Crippen molar-refractivity contribution >= 4 is 17.4 Å². The van der Waals surface area contributed by atoms with Crippen LogP contribution in [0.2, 0.25) is 5.02 Å². The van der Waals surface area contributed by atoms with Crippen molar-refractivity contribution in [2.24, 2.45) is 0 Å². The Morgan fingerprint density at radius 1 is 1.41 bits per heavy atom. The highest BCUT2D eigenvalue weighted by Gasteiger charge is 2.07. The molecule has 2 rings (SSSR count). The molecule has 1 aromatic carbocycles. The molecule has 0 saturated heterocycles. The van der Waals surface area contributed by atoms with Crippen molar-refractivity contribution in [1.29, 1.82) is 0 Å². The molecular weight excluding hydrogens is 242 g/mol. The van der Waals surface area contributed by atoms with E-state index in [2.05, 4.69) is 5.10 Å². The highest BCUT2D eigenvalue weighted by molar-refractivity contribution is 6.31. The van der Waals surface area contributed by atoms with Gasteiger partial charge in [-0.25, -0.2) is 0 Å². The molecule has 1 heterocycles. The number of nitrogens with two attached hydrogens (primary N) is 1. The van der Waals surface area contributed by atoms with E-state index >= 15 is 0 Å². The summed E-state index contributed by atoms with van der Waals surface area (Å²) in [6.45, 7) is 1.85. The largest absolute Gasteiger partial charge is 0.504 e. The molecule has 6 heteroatoms. The number of hydrogen-bond donors (Lipinski definition) is 2. The van der Waals surface area contributed by atoms with Gasteiger partial charge in [-0.05, 0) is 24.6 Å². The molecular formula is C11H10ClN3O2. The fourth-order valence-electron chi connectivity index (χ4n) is 1.36. The minimum Gasteiger partial charge on any atom is -0.504 e. The zero-order valence-electron chi connectivity index (χ0n) is 9.01. The molecule has 0 fully saturated rings. The van der Waals surface area contributed by atoms with Crippen LogP contribution in [-0.4, -0.2) is 14.9 Å². The summed E-state index contributed by atoms with van der Waals surface area (Å²) in [7, 11) is 0. The van der Waals surface area contributed by atoms with E-state index in [0.29, 0.717) is 10.7 Å². The van der Waals surface area contributed by atoms with Gasteiger partial charge in [0.25, 0.3) is 5.56 Å². The van der Waals surface area contributed by atoms with Gasteiger partial charge in [0, 0.05) is 5.02 Å². The second-order valence-corrected chi connectivity index (χ2v) is 4.01. The molecule has 1 aromatic heterocycles. The van der Waals surface area contributed by atoms with Crippen LogP contribution in [-0.2, 0) is 0 Å². The summed E-state index contributed by atoms with van der Waals surface area (Å²) in [6, 6.07) is 6.10. The third kappa shape index (κ3) is 2.09. The average Bonchev–Trinajstić information content (AvgIpc) is 2.27. The summed E-state index contributed by atoms with van der Waals surface area (Å²) < 4.78 is 1.08. The number of aryl methyl sites for hydroxylation is 1. The van der Waals surface area contributed by atoms with E-state index in [1.165, 1.54) is 0 Å². The van der Waals surface area contributed by atoms with Crippen molar-refractivity contribution in [3.05, 3.63) is 45.2 Å². The first kappa shape index (κ1) is 11.5. The zero-order chi connectivity index (χ0) is 12.6. The molecule has 0 radical (unpaired) electrons. The third-order valence-corrected chi connectivity index (χ3v) is 2.75. The van der Waals surface area contributed by atoms with Gasteiger partial charge in [0.15, 0.2) is 11.6 Å². The van der Waals surface area contributed by atoms with Crippen molar-refractivity contribution in [2.45, 2.75) is 6.92 Å². The van der Waals surface area contributed by atoms with Crippen LogP contribution in [0.1, 0.15) is 5.56 Å². The van der Waals surface area contributed by atoms with Crippen molar-refractivity contribution < 1.29 is 5.11 Å². The number of rotatable bonds is 1. The van der Waals surface area contributed by atoms with Gasteiger partial charge in [0.2, 0.25) is 0 Å². The topological polar surface area (TPSA) is 81.1 Å². The highest BCUT2D eigenvalue weighted by atomic mass is 35.5. The summed E-state index contributed by atoms with van der Waals surface area (Å²) in [4.78, 5) is 11.6. The van der Waals surface area contributed by atoms with E-state index in [4.69, 9.17) is 17.3 Å². The Bertz CT molecular complexity index is 637. The van der Waals surface area contributed by atoms with Crippen molar-refractivity contribution in [3.63, 3.8) is 0 Å². The van der Waals surface area contributed by atoms with Crippen LogP contribution in [0.25, 0.3) is 5.69 Å². The molecule has 2 aromatic rings. The third-order valence-electron chi connectivity index (χ3n) is 2.34. The SMILES string of the molecule is Cc1ccc(-n2nc(N)c(O)cc2=O)cc1Cl. The summed E-state index contributed by atoms with van der Waals surface area (Å²) in [5.41, 5.74) is 6.36. The molecule has 0 bridgehead atoms. The van der Waals surface area contributed by atoms with E-state index in [1.807, 2.05) is 6.92 Å². The number of aromatic nitrogens is 2. The second-order valence-electron chi connectivity index (χ2n) is 3.60. The maximum atomic E-state index is 11.6. The molecule has 17 heavy (non-hydrogen) atoms. The van der Waals surface area contributed by atoms with Gasteiger partial charge in [-0.3, -0.25) is 4.79 Å². The standard InChI is InChI=1S/C11H10ClN3O2/c1-6-2-3-7(4-8(6)12)15-10(17)5-9(16)11(13)14-15/h2-5,16H,1H3,(H2,13,14). The van der Waals surface area contributed by atoms with E-state index in [1.54, 1.807) is 18.2 Å². The lowest BCUT2D eigenvalue weighted by atomic mass is 10.2. The molecule has 0 saturated carbocycles. The Morgan fingerprint density at radius 3 is 2.76 bits per heavy atom. The summed E-state index contributed by atoms with van der Waals surface area (Å²) in [5, 5.41) is 13.6. The van der Waals surface area contributed by atoms with Gasteiger partial charge in [-0.15, -0.1) is 5.10 Å². The first-order valence-corrected chi connectivity index (χ1v) is 5.22. The Kier molecular flexibility index (Phi) is 2.77. The Labute approximate surface area is 102 Å². The second kappa shape index (κ2) is 4.10. The van der Waals surface area contributed by atoms with Crippen molar-refractivity contribution in [1.82, 2.24) is 9.78 Å². The van der Waals surface area contributed by atoms with Gasteiger partial charge >= 0.3 is 0 Å². The molecule has 3 N–H and O–H groups in total. The Morgan fingerprint density at radius 2 is 2.12 bits per heavy atom. The summed E-state index contributed by atoms with van der Waals surface area (Å²) in [6.07, 6.45) is 0. The van der Waals surface area contributed by atoms with E-state index < -0.39 is 5.56 Å². The maximum Gasteiger partial charge on any atom is 0.275 e. The monoisotopic (exact) mass is 251 g/mol. The molecule has 0 aliphatic carbocycles. The number of benzene rings is 1. The first-order chi connectivity index (χ1) is 7.99. The van der Waals surface area contributed by atoms with Crippen molar-refractivity contribution in [3.8, 4) is 11.4 Å². The van der Waals surface area contributed by atoms with E-state index in [9.17, 15) is 9.90 Å². The number of nitrogens with zero attached hydrogens (tertiary/aromatic N) is 2. The molecule has 88 valence electrons. The number of halogens is 1. The highest BCUT2D eigenvalue weighted by Crippen LogP contribution is 2.19. The van der Waals surface area contributed by atoms with Crippen LogP contribution in [0.3, 0.4) is 0 Å². The fourth-order valence-corrected chi connectivity index (χ4v) is 1.53. The Balaban J connectivity index is 2.64. The quantitative estimate of drug-likeness (QED) is 0.804. The van der Waals surface area contributed by atoms with Crippen LogP contribution in [0, 0.1) is 6.92 Å². The van der Waals surface area contributed by atoms with Gasteiger partial charge in [0.05, 0.1) is 11.8 Å². The fraction of sp³-hybridized carbons (Fsp3) is 0.0909. The van der Waals surface area contributed by atoms with Gasteiger partial charge in [0.1, 0.15) is 0 Å². The number of aromatic hydroxyl groups is 1. The molecule has 0 aliphatic rings. The van der Waals surface area contributed by atoms with Gasteiger partial charge in [-0.1, -0.05) is 17.7 Å². The van der Waals surface area contributed by atoms with Crippen LogP contribution >= 0.6 is 11.6 Å². The molecule has 0 spiro atoms. The molecule has 0 unspecified atom stereocenters. The normalized spacial score (nSPS) is 10.5. The molecule has 0 atom stereocenters. The maximum absolute atomic E-state index is 11.6. The van der Waals surface area contributed by atoms with Crippen LogP contribution in [0.15, 0.2) is 29.1 Å². The lowest BCUT2D eigenvalue weighted by molar-refractivity contribution is 0.471. The number of nitrogen functional groups attached to an aromatic ring is 1. The minimum atomic E-state index is -0.475. The summed E-state index contributed by atoms with van der Waals surface area (Å²) >= 11 is 5.96. The average molecular weight is 252 g/mol. The molecule has 0 amide bonds. The lowest BCUT2D eigenvalue weighted by Gasteiger charge is -2.07. The van der Waals surface area contributed by atoms with Crippen LogP contribution in [0.5, 0.6) is 5.75 Å². The predicted molar refractivity (Wildman–Crippen MR) is 65.7 cm³/mol. The number of hydrogen-bond acceptors (Lipinski definition) is 4. The lowest BCUT2D eigenvalue weighted by Crippen LogP contribution is -2.21. The van der Waals surface area contributed by atoms with Crippen LogP contribution < -0.4 is 11.3 Å². The summed E-state index contributed by atoms with van der Waals surface area (Å²) in [5.74, 6) is -0.439. The van der Waals surface area contributed by atoms with E-state index in [0.717, 1.165) is 16.3 Å². The van der Waals surface area contributed by atoms with Crippen LogP contribution in [0.4, 0.5) is 5.82 Å². The predicted octanol–water partition coefficient (Wildman–Crippen LogP) is 1.48. The molecule has 5 nitrogen and oxygen atoms in total. The minimum absolute atomic E-state index is 0.110. The first-order valence-electron chi connectivity index (χ1n) is 4.84. The van der Waals surface area contributed by atoms with Crippen molar-refractivity contribution in [2.75, 3.05) is 5.73 Å². The van der Waals surface area contributed by atoms with E-state index in [-0.39, 0.29) is 11.6 Å². The molecule has 0 aliphatic heterocycles. The zero-order valence-corrected chi connectivity index (χ0v) is 9.77.